The molecule has 2 N–H and O–H groups in total. The minimum absolute atomic E-state index is 0.0390. The van der Waals surface area contributed by atoms with Gasteiger partial charge in [-0.25, -0.2) is 87.8 Å². The Labute approximate surface area is 359 Å². The molecule has 4 nitrogen and oxygen atoms in total. The number of amides is 1. The van der Waals surface area contributed by atoms with Gasteiger partial charge in [-0.1, -0.05) is 30.3 Å². The second kappa shape index (κ2) is 18.1. The van der Waals surface area contributed by atoms with Crippen molar-refractivity contribution in [3.63, 3.8) is 0 Å². The molecular formula is C42H15BF20N2O2. The number of benzene rings is 6. The molecule has 348 valence electrons. The normalized spacial score (nSPS) is 11.5. The Morgan fingerprint density at radius 1 is 0.388 bits per heavy atom. The molecule has 6 aromatic carbocycles. The van der Waals surface area contributed by atoms with Crippen molar-refractivity contribution in [2.45, 2.75) is 6.54 Å². The second-order valence-electron chi connectivity index (χ2n) is 13.9. The molecule has 0 atom stereocenters. The fourth-order valence-corrected chi connectivity index (χ4v) is 7.32. The largest absolute Gasteiger partial charge is 0.366 e. The van der Waals surface area contributed by atoms with Crippen LogP contribution in [0.25, 0.3) is 10.9 Å². The van der Waals surface area contributed by atoms with Crippen LogP contribution in [0.5, 0.6) is 0 Å². The van der Waals surface area contributed by atoms with Crippen LogP contribution < -0.4 is 32.2 Å². The fourth-order valence-electron chi connectivity index (χ4n) is 7.32. The quantitative estimate of drug-likeness (QED) is 0.0420. The maximum absolute atomic E-state index is 15.4. The van der Waals surface area contributed by atoms with Gasteiger partial charge in [-0.15, -0.1) is 21.9 Å². The lowest BCUT2D eigenvalue weighted by Gasteiger charge is -2.44. The highest BCUT2D eigenvalue weighted by Crippen LogP contribution is 2.31. The highest BCUT2D eigenvalue weighted by Gasteiger charge is 2.52. The van der Waals surface area contributed by atoms with Crippen molar-refractivity contribution >= 4 is 50.6 Å². The summed E-state index contributed by atoms with van der Waals surface area (Å²) < 4.78 is 296. The molecule has 0 saturated carbocycles. The number of hydrogen-bond donors (Lipinski definition) is 1. The Hall–Kier alpha value is -7.47. The van der Waals surface area contributed by atoms with Crippen LogP contribution in [0.2, 0.25) is 0 Å². The Bertz CT molecular complexity index is 2840. The van der Waals surface area contributed by atoms with Gasteiger partial charge in [-0.05, 0) is 18.2 Å². The summed E-state index contributed by atoms with van der Waals surface area (Å²) in [6, 6.07) is 18.2. The Morgan fingerprint density at radius 2 is 0.701 bits per heavy atom. The van der Waals surface area contributed by atoms with E-state index in [1.165, 1.54) is 0 Å². The first-order chi connectivity index (χ1) is 31.3. The van der Waals surface area contributed by atoms with E-state index in [9.17, 15) is 62.3 Å². The molecule has 0 aliphatic carbocycles. The van der Waals surface area contributed by atoms with Gasteiger partial charge in [0.15, 0.2) is 76.0 Å². The van der Waals surface area contributed by atoms with Crippen LogP contribution in [0, 0.1) is 116 Å². The second-order valence-corrected chi connectivity index (χ2v) is 13.9. The summed E-state index contributed by atoms with van der Waals surface area (Å²) >= 11 is 0. The van der Waals surface area contributed by atoms with Gasteiger partial charge in [0, 0.05) is 28.6 Å². The standard InChI is InChI=1S/C24BF20.C18H14N2O2/c26-5-1(6(27)14(35)21(42)13(5)34)25(2-7(28)15(36)22(43)16(37)8(2)29,3-9(30)17(38)23(44)18(39)10(3)31)4-11(32)19(40)24(45)20(41)12(4)33;19-18(22)15-8-9-16-14(11-15)7-4-10-20(16)12-17(21)13-5-2-1-3-6-13/h;1-11H,12H2,(H-,19,22)/q-1;/p+1. The maximum Gasteiger partial charge on any atom is 0.248 e. The van der Waals surface area contributed by atoms with Crippen molar-refractivity contribution in [1.29, 1.82) is 0 Å². The van der Waals surface area contributed by atoms with Crippen molar-refractivity contribution in [3.05, 3.63) is 194 Å². The number of fused-ring (bicyclic) bond motifs is 1. The molecule has 0 aliphatic heterocycles. The number of pyridine rings is 1. The third-order valence-corrected chi connectivity index (χ3v) is 10.3. The Morgan fingerprint density at radius 3 is 1.01 bits per heavy atom. The van der Waals surface area contributed by atoms with Crippen molar-refractivity contribution in [1.82, 2.24) is 0 Å². The zero-order chi connectivity index (χ0) is 49.9. The summed E-state index contributed by atoms with van der Waals surface area (Å²) in [7, 11) is 0. The molecule has 0 fully saturated rings. The van der Waals surface area contributed by atoms with Crippen LogP contribution in [0.4, 0.5) is 87.8 Å². The molecule has 25 heteroatoms. The van der Waals surface area contributed by atoms with Crippen molar-refractivity contribution in [3.8, 4) is 0 Å². The lowest BCUT2D eigenvalue weighted by atomic mass is 9.12. The number of Topliss-reactive ketones (excluding diaryl/α,β-unsaturated/α-hetero) is 1. The van der Waals surface area contributed by atoms with E-state index in [-0.39, 0.29) is 12.3 Å². The van der Waals surface area contributed by atoms with Gasteiger partial charge in [0.05, 0.1) is 0 Å². The minimum Gasteiger partial charge on any atom is -0.366 e. The van der Waals surface area contributed by atoms with Gasteiger partial charge >= 0.3 is 0 Å². The number of nitrogens with zero attached hydrogens (tertiary/aromatic N) is 1. The van der Waals surface area contributed by atoms with Crippen LogP contribution in [-0.4, -0.2) is 17.8 Å². The molecule has 7 aromatic rings. The number of carbonyl (C=O) groups is 2. The van der Waals surface area contributed by atoms with E-state index < -0.39 is 150 Å². The number of halogens is 20. The number of carbonyl (C=O) groups excluding carboxylic acids is 2. The van der Waals surface area contributed by atoms with E-state index in [1.54, 1.807) is 24.3 Å². The lowest BCUT2D eigenvalue weighted by molar-refractivity contribution is -0.657. The third-order valence-electron chi connectivity index (χ3n) is 10.3. The highest BCUT2D eigenvalue weighted by molar-refractivity contribution is 7.20. The van der Waals surface area contributed by atoms with Gasteiger partial charge in [0.2, 0.25) is 23.8 Å². The van der Waals surface area contributed by atoms with E-state index in [0.717, 1.165) is 10.9 Å². The SMILES string of the molecule is Fc1c(F)c(F)c([B-](c2c(F)c(F)c(F)c(F)c2F)(c2c(F)c(F)c(F)c(F)c2F)c2c(F)c(F)c(F)c(F)c2F)c(F)c1F.NC(=O)c1ccc2c(ccc[n+]2CC(=O)c2ccccc2)c1. The zero-order valence-corrected chi connectivity index (χ0v) is 32.0. The van der Waals surface area contributed by atoms with Crippen molar-refractivity contribution in [2.24, 2.45) is 5.73 Å². The average molecular weight is 970 g/mol. The molecule has 1 amide bonds. The fraction of sp³-hybridized carbons (Fsp3) is 0.0238. The molecular weight excluding hydrogens is 955 g/mol. The monoisotopic (exact) mass is 970 g/mol. The zero-order valence-electron chi connectivity index (χ0n) is 32.0. The number of rotatable bonds is 8. The third kappa shape index (κ3) is 7.73. The Balaban J connectivity index is 0.000000279. The predicted molar refractivity (Wildman–Crippen MR) is 193 cm³/mol. The molecule has 0 aliphatic rings. The first-order valence-electron chi connectivity index (χ1n) is 17.9. The molecule has 67 heavy (non-hydrogen) atoms. The molecule has 0 bridgehead atoms. The van der Waals surface area contributed by atoms with Crippen molar-refractivity contribution in [2.75, 3.05) is 0 Å². The summed E-state index contributed by atoms with van der Waals surface area (Å²) in [5.74, 6) is -71.8. The van der Waals surface area contributed by atoms with Gasteiger partial charge in [-0.2, -0.15) is 4.57 Å². The van der Waals surface area contributed by atoms with E-state index in [0.29, 0.717) is 11.1 Å². The van der Waals surface area contributed by atoms with E-state index in [1.807, 2.05) is 47.2 Å². The average Bonchev–Trinajstić information content (AvgIpc) is 3.31. The number of hydrogen-bond acceptors (Lipinski definition) is 2. The van der Waals surface area contributed by atoms with Crippen LogP contribution in [0.15, 0.2) is 66.9 Å². The van der Waals surface area contributed by atoms with Gasteiger partial charge in [0.1, 0.15) is 52.7 Å². The summed E-state index contributed by atoms with van der Waals surface area (Å²) in [4.78, 5) is 23.6. The lowest BCUT2D eigenvalue weighted by Crippen LogP contribution is -2.81. The maximum atomic E-state index is 15.4. The molecule has 0 unspecified atom stereocenters. The van der Waals surface area contributed by atoms with E-state index in [4.69, 9.17) is 5.73 Å². The number of primary amides is 1. The summed E-state index contributed by atoms with van der Waals surface area (Å²) in [5, 5.41) is 0.875. The van der Waals surface area contributed by atoms with Crippen LogP contribution in [-0.2, 0) is 6.54 Å². The topological polar surface area (TPSA) is 64.0 Å². The van der Waals surface area contributed by atoms with Gasteiger partial charge in [0.25, 0.3) is 0 Å². The van der Waals surface area contributed by atoms with Gasteiger partial charge in [-0.3, -0.25) is 9.59 Å². The number of aromatic nitrogens is 1. The first-order valence-corrected chi connectivity index (χ1v) is 17.9. The van der Waals surface area contributed by atoms with Crippen LogP contribution >= 0.6 is 0 Å². The molecule has 7 rings (SSSR count). The summed E-state index contributed by atoms with van der Waals surface area (Å²) in [5.41, 5.74) is -7.00. The molecule has 0 saturated heterocycles. The predicted octanol–water partition coefficient (Wildman–Crippen LogP) is 7.96. The smallest absolute Gasteiger partial charge is 0.248 e. The molecule has 1 heterocycles. The molecule has 0 radical (unpaired) electrons. The Kier molecular flexibility index (Phi) is 13.2. The summed E-state index contributed by atoms with van der Waals surface area (Å²) in [6.45, 7) is 0.247. The van der Waals surface area contributed by atoms with Crippen LogP contribution in [0.3, 0.4) is 0 Å². The minimum atomic E-state index is -7.22. The van der Waals surface area contributed by atoms with Crippen LogP contribution in [0.1, 0.15) is 20.7 Å². The molecule has 1 aromatic heterocycles. The highest BCUT2D eigenvalue weighted by atomic mass is 19.2. The first kappa shape index (κ1) is 49.0. The summed E-state index contributed by atoms with van der Waals surface area (Å²) in [6.07, 6.45) is -5.36. The van der Waals surface area contributed by atoms with E-state index >= 15 is 35.1 Å². The van der Waals surface area contributed by atoms with E-state index in [2.05, 4.69) is 0 Å². The van der Waals surface area contributed by atoms with Crippen molar-refractivity contribution < 1.29 is 102 Å². The van der Waals surface area contributed by atoms with Gasteiger partial charge < -0.3 is 5.73 Å². The number of ketones is 1. The number of nitrogens with two attached hydrogens (primary N) is 1. The molecule has 0 spiro atoms.